The number of fused-ring (bicyclic) bond motifs is 1. The van der Waals surface area contributed by atoms with Crippen LogP contribution < -0.4 is 0 Å². The van der Waals surface area contributed by atoms with E-state index in [2.05, 4.69) is 9.97 Å². The number of rotatable bonds is 4. The van der Waals surface area contributed by atoms with Gasteiger partial charge in [0.05, 0.1) is 27.8 Å². The molecule has 0 fully saturated rings. The molecule has 2 heterocycles. The van der Waals surface area contributed by atoms with Crippen LogP contribution in [0.25, 0.3) is 21.6 Å². The average molecular weight is 330 g/mol. The van der Waals surface area contributed by atoms with Crippen LogP contribution in [0.4, 0.5) is 0 Å². The second-order valence-electron chi connectivity index (χ2n) is 5.52. The number of ketones is 1. The van der Waals surface area contributed by atoms with Crippen molar-refractivity contribution in [3.63, 3.8) is 0 Å². The van der Waals surface area contributed by atoms with Gasteiger partial charge in [-0.25, -0.2) is 4.98 Å². The minimum Gasteiger partial charge on any atom is -0.294 e. The summed E-state index contributed by atoms with van der Waals surface area (Å²) in [5, 5.41) is 2.01. The summed E-state index contributed by atoms with van der Waals surface area (Å²) in [6, 6.07) is 19.3. The first kappa shape index (κ1) is 14.7. The fourth-order valence-electron chi connectivity index (χ4n) is 2.61. The molecule has 0 saturated carbocycles. The van der Waals surface area contributed by atoms with Gasteiger partial charge in [0.2, 0.25) is 0 Å². The van der Waals surface area contributed by atoms with E-state index in [1.54, 1.807) is 17.5 Å². The first-order chi connectivity index (χ1) is 11.8. The van der Waals surface area contributed by atoms with Crippen molar-refractivity contribution in [3.05, 3.63) is 83.4 Å². The van der Waals surface area contributed by atoms with Gasteiger partial charge in [0.15, 0.2) is 5.78 Å². The highest BCUT2D eigenvalue weighted by molar-refractivity contribution is 7.13. The third kappa shape index (κ3) is 2.96. The lowest BCUT2D eigenvalue weighted by atomic mass is 10.0. The van der Waals surface area contributed by atoms with E-state index in [0.717, 1.165) is 27.2 Å². The Labute approximate surface area is 143 Å². The number of benzene rings is 2. The summed E-state index contributed by atoms with van der Waals surface area (Å²) >= 11 is 1.63. The molecular formula is C20H14N2OS. The highest BCUT2D eigenvalue weighted by Crippen LogP contribution is 2.24. The molecule has 0 aliphatic rings. The Hall–Kier alpha value is -2.85. The molecule has 0 spiro atoms. The molecule has 4 aromatic rings. The SMILES string of the molecule is O=C(Cc1ccccc1)c1ccc2ncc(-c3cccs3)nc2c1. The normalized spacial score (nSPS) is 10.8. The van der Waals surface area contributed by atoms with E-state index in [9.17, 15) is 4.79 Å². The summed E-state index contributed by atoms with van der Waals surface area (Å²) in [4.78, 5) is 22.7. The predicted molar refractivity (Wildman–Crippen MR) is 97.3 cm³/mol. The Balaban J connectivity index is 1.68. The smallest absolute Gasteiger partial charge is 0.167 e. The first-order valence-electron chi connectivity index (χ1n) is 7.67. The molecule has 0 radical (unpaired) electrons. The Kier molecular flexibility index (Phi) is 3.89. The summed E-state index contributed by atoms with van der Waals surface area (Å²) in [6.07, 6.45) is 2.17. The molecule has 4 rings (SSSR count). The van der Waals surface area contributed by atoms with Gasteiger partial charge in [0, 0.05) is 12.0 Å². The van der Waals surface area contributed by atoms with Gasteiger partial charge in [-0.15, -0.1) is 11.3 Å². The molecule has 0 bridgehead atoms. The molecule has 2 aromatic heterocycles. The van der Waals surface area contributed by atoms with Gasteiger partial charge in [-0.3, -0.25) is 9.78 Å². The number of Topliss-reactive ketones (excluding diaryl/α,β-unsaturated/α-hetero) is 1. The van der Waals surface area contributed by atoms with E-state index in [1.807, 2.05) is 66.0 Å². The van der Waals surface area contributed by atoms with Crippen molar-refractivity contribution in [2.75, 3.05) is 0 Å². The van der Waals surface area contributed by atoms with E-state index in [1.165, 1.54) is 0 Å². The second-order valence-corrected chi connectivity index (χ2v) is 6.47. The Morgan fingerprint density at radius 3 is 2.62 bits per heavy atom. The van der Waals surface area contributed by atoms with Crippen LogP contribution in [-0.2, 0) is 6.42 Å². The first-order valence-corrected chi connectivity index (χ1v) is 8.55. The van der Waals surface area contributed by atoms with Gasteiger partial charge >= 0.3 is 0 Å². The molecule has 3 nitrogen and oxygen atoms in total. The maximum absolute atomic E-state index is 12.5. The molecule has 116 valence electrons. The summed E-state index contributed by atoms with van der Waals surface area (Å²) in [7, 11) is 0. The van der Waals surface area contributed by atoms with Gasteiger partial charge in [0.1, 0.15) is 0 Å². The lowest BCUT2D eigenvalue weighted by Crippen LogP contribution is -2.03. The molecule has 0 N–H and O–H groups in total. The molecule has 24 heavy (non-hydrogen) atoms. The molecular weight excluding hydrogens is 316 g/mol. The molecule has 4 heteroatoms. The largest absolute Gasteiger partial charge is 0.294 e. The van der Waals surface area contributed by atoms with Crippen LogP contribution in [0, 0.1) is 0 Å². The Morgan fingerprint density at radius 2 is 1.83 bits per heavy atom. The predicted octanol–water partition coefficient (Wildman–Crippen LogP) is 4.78. The molecule has 0 unspecified atom stereocenters. The number of hydrogen-bond donors (Lipinski definition) is 0. The quantitative estimate of drug-likeness (QED) is 0.506. The lowest BCUT2D eigenvalue weighted by molar-refractivity contribution is 0.0993. The maximum atomic E-state index is 12.5. The summed E-state index contributed by atoms with van der Waals surface area (Å²) < 4.78 is 0. The van der Waals surface area contributed by atoms with Gasteiger partial charge in [-0.05, 0) is 35.2 Å². The van der Waals surface area contributed by atoms with Crippen LogP contribution in [0.1, 0.15) is 15.9 Å². The zero-order valence-electron chi connectivity index (χ0n) is 12.8. The van der Waals surface area contributed by atoms with Crippen LogP contribution in [0.15, 0.2) is 72.2 Å². The van der Waals surface area contributed by atoms with Gasteiger partial charge in [-0.2, -0.15) is 0 Å². The molecule has 0 aliphatic heterocycles. The van der Waals surface area contributed by atoms with E-state index in [-0.39, 0.29) is 5.78 Å². The van der Waals surface area contributed by atoms with Gasteiger partial charge in [-0.1, -0.05) is 36.4 Å². The summed E-state index contributed by atoms with van der Waals surface area (Å²) in [6.45, 7) is 0. The fourth-order valence-corrected chi connectivity index (χ4v) is 3.29. The second kappa shape index (κ2) is 6.34. The van der Waals surface area contributed by atoms with Crippen LogP contribution in [0.3, 0.4) is 0 Å². The van der Waals surface area contributed by atoms with Crippen molar-refractivity contribution in [1.29, 1.82) is 0 Å². The fraction of sp³-hybridized carbons (Fsp3) is 0.0500. The molecule has 0 saturated heterocycles. The van der Waals surface area contributed by atoms with Crippen molar-refractivity contribution in [3.8, 4) is 10.6 Å². The maximum Gasteiger partial charge on any atom is 0.167 e. The van der Waals surface area contributed by atoms with Crippen molar-refractivity contribution in [2.24, 2.45) is 0 Å². The lowest BCUT2D eigenvalue weighted by Gasteiger charge is -2.04. The number of carbonyl (C=O) groups excluding carboxylic acids is 1. The van der Waals surface area contributed by atoms with Crippen LogP contribution in [0.2, 0.25) is 0 Å². The number of carbonyl (C=O) groups is 1. The van der Waals surface area contributed by atoms with Crippen molar-refractivity contribution in [2.45, 2.75) is 6.42 Å². The molecule has 0 atom stereocenters. The van der Waals surface area contributed by atoms with E-state index < -0.39 is 0 Å². The average Bonchev–Trinajstić information content (AvgIpc) is 3.16. The summed E-state index contributed by atoms with van der Waals surface area (Å²) in [5.41, 5.74) is 4.07. The molecule has 0 aliphatic carbocycles. The van der Waals surface area contributed by atoms with E-state index >= 15 is 0 Å². The minimum absolute atomic E-state index is 0.0893. The van der Waals surface area contributed by atoms with Crippen molar-refractivity contribution in [1.82, 2.24) is 9.97 Å². The highest BCUT2D eigenvalue weighted by Gasteiger charge is 2.10. The van der Waals surface area contributed by atoms with Crippen LogP contribution >= 0.6 is 11.3 Å². The number of aromatic nitrogens is 2. The number of nitrogens with zero attached hydrogens (tertiary/aromatic N) is 2. The van der Waals surface area contributed by atoms with Crippen molar-refractivity contribution >= 4 is 28.2 Å². The monoisotopic (exact) mass is 330 g/mol. The third-order valence-electron chi connectivity index (χ3n) is 3.85. The number of hydrogen-bond acceptors (Lipinski definition) is 4. The van der Waals surface area contributed by atoms with Crippen LogP contribution in [-0.4, -0.2) is 15.8 Å². The van der Waals surface area contributed by atoms with Gasteiger partial charge < -0.3 is 0 Å². The zero-order chi connectivity index (χ0) is 16.4. The van der Waals surface area contributed by atoms with Crippen LogP contribution in [0.5, 0.6) is 0 Å². The van der Waals surface area contributed by atoms with Gasteiger partial charge in [0.25, 0.3) is 0 Å². The minimum atomic E-state index is 0.0893. The van der Waals surface area contributed by atoms with Crippen molar-refractivity contribution < 1.29 is 4.79 Å². The van der Waals surface area contributed by atoms with E-state index in [4.69, 9.17) is 0 Å². The standard InChI is InChI=1S/C20H14N2OS/c23-19(11-14-5-2-1-3-6-14)15-8-9-16-17(12-15)22-18(13-21-16)20-7-4-10-24-20/h1-10,12-13H,11H2. The highest BCUT2D eigenvalue weighted by atomic mass is 32.1. The Bertz CT molecular complexity index is 995. The topological polar surface area (TPSA) is 42.9 Å². The van der Waals surface area contributed by atoms with E-state index in [0.29, 0.717) is 12.0 Å². The summed E-state index contributed by atoms with van der Waals surface area (Å²) in [5.74, 6) is 0.0893. The molecule has 0 amide bonds. The number of thiophene rings is 1. The third-order valence-corrected chi connectivity index (χ3v) is 4.74. The zero-order valence-corrected chi connectivity index (χ0v) is 13.7. The Morgan fingerprint density at radius 1 is 0.958 bits per heavy atom. The molecule has 2 aromatic carbocycles.